The van der Waals surface area contributed by atoms with Crippen molar-refractivity contribution < 1.29 is 36.6 Å². The minimum Gasteiger partial charge on any atom is -0.497 e. The monoisotopic (exact) mass is 459 g/mol. The van der Waals surface area contributed by atoms with Crippen LogP contribution in [0.15, 0.2) is 70.2 Å². The van der Waals surface area contributed by atoms with E-state index in [0.29, 0.717) is 17.2 Å². The van der Waals surface area contributed by atoms with E-state index in [0.717, 1.165) is 0 Å². The molecule has 1 heterocycles. The van der Waals surface area contributed by atoms with Crippen LogP contribution < -0.4 is 14.8 Å². The van der Waals surface area contributed by atoms with E-state index in [2.05, 4.69) is 5.32 Å². The van der Waals surface area contributed by atoms with Crippen molar-refractivity contribution in [2.45, 2.75) is 10.6 Å². The number of hydrogen-bond acceptors (Lipinski definition) is 8. The van der Waals surface area contributed by atoms with Crippen LogP contribution in [0, 0.1) is 0 Å². The van der Waals surface area contributed by atoms with Gasteiger partial charge in [0.15, 0.2) is 16.4 Å². The van der Waals surface area contributed by atoms with E-state index in [1.54, 1.807) is 36.4 Å². The number of esters is 1. The second-order valence-corrected chi connectivity index (χ2v) is 8.53. The fourth-order valence-corrected chi connectivity index (χ4v) is 4.21. The second kappa shape index (κ2) is 10.0. The standard InChI is InChI=1S/C22H21NO8S/c1-28-16-8-9-19(29-2)18(12-16)23-20(24)13-31-22(25)21-15(10-11-30-21)14-32(26,27)17-6-4-3-5-7-17/h3-12H,13-14H2,1-2H3,(H,23,24). The third-order valence-electron chi connectivity index (χ3n) is 4.40. The molecule has 2 aromatic carbocycles. The molecule has 0 saturated heterocycles. The normalized spacial score (nSPS) is 10.9. The van der Waals surface area contributed by atoms with Crippen molar-refractivity contribution in [1.82, 2.24) is 0 Å². The van der Waals surface area contributed by atoms with Gasteiger partial charge in [-0.2, -0.15) is 0 Å². The van der Waals surface area contributed by atoms with Gasteiger partial charge in [0.25, 0.3) is 5.91 Å². The van der Waals surface area contributed by atoms with Crippen molar-refractivity contribution in [3.63, 3.8) is 0 Å². The van der Waals surface area contributed by atoms with Gasteiger partial charge in [0.1, 0.15) is 11.5 Å². The van der Waals surface area contributed by atoms with Gasteiger partial charge < -0.3 is 23.9 Å². The summed E-state index contributed by atoms with van der Waals surface area (Å²) in [5.41, 5.74) is 0.467. The molecule has 1 aromatic heterocycles. The van der Waals surface area contributed by atoms with Crippen molar-refractivity contribution >= 4 is 27.4 Å². The Hall–Kier alpha value is -3.79. The van der Waals surface area contributed by atoms with Crippen LogP contribution in [0.3, 0.4) is 0 Å². The predicted octanol–water partition coefficient (Wildman–Crippen LogP) is 3.07. The lowest BCUT2D eigenvalue weighted by Crippen LogP contribution is -2.21. The van der Waals surface area contributed by atoms with Crippen molar-refractivity contribution in [2.24, 2.45) is 0 Å². The van der Waals surface area contributed by atoms with Gasteiger partial charge in [0.2, 0.25) is 5.76 Å². The van der Waals surface area contributed by atoms with Crippen LogP contribution in [0.4, 0.5) is 5.69 Å². The average Bonchev–Trinajstić information content (AvgIpc) is 3.25. The molecule has 0 atom stereocenters. The summed E-state index contributed by atoms with van der Waals surface area (Å²) in [6.45, 7) is -0.620. The van der Waals surface area contributed by atoms with E-state index >= 15 is 0 Å². The van der Waals surface area contributed by atoms with Gasteiger partial charge in [-0.15, -0.1) is 0 Å². The molecule has 32 heavy (non-hydrogen) atoms. The van der Waals surface area contributed by atoms with Gasteiger partial charge in [-0.1, -0.05) is 18.2 Å². The molecular formula is C22H21NO8S. The number of furan rings is 1. The van der Waals surface area contributed by atoms with Gasteiger partial charge >= 0.3 is 5.97 Å². The number of ether oxygens (including phenoxy) is 3. The molecule has 3 rings (SSSR count). The molecule has 0 aliphatic heterocycles. The van der Waals surface area contributed by atoms with Gasteiger partial charge in [0.05, 0.1) is 36.8 Å². The third-order valence-corrected chi connectivity index (χ3v) is 6.08. The minimum atomic E-state index is -3.70. The highest BCUT2D eigenvalue weighted by Crippen LogP contribution is 2.28. The Bertz CT molecular complexity index is 1200. The predicted molar refractivity (Wildman–Crippen MR) is 114 cm³/mol. The number of nitrogens with one attached hydrogen (secondary N) is 1. The van der Waals surface area contributed by atoms with Gasteiger partial charge in [-0.3, -0.25) is 4.79 Å². The maximum absolute atomic E-state index is 12.6. The number of sulfone groups is 1. The van der Waals surface area contributed by atoms with Crippen molar-refractivity contribution in [3.8, 4) is 11.5 Å². The first-order valence-corrected chi connectivity index (χ1v) is 11.0. The van der Waals surface area contributed by atoms with Crippen molar-refractivity contribution in [1.29, 1.82) is 0 Å². The van der Waals surface area contributed by atoms with Crippen LogP contribution in [-0.2, 0) is 25.1 Å². The molecule has 1 N–H and O–H groups in total. The Labute approximate surface area is 184 Å². The van der Waals surface area contributed by atoms with Crippen LogP contribution in [0.25, 0.3) is 0 Å². The quantitative estimate of drug-likeness (QED) is 0.485. The molecule has 0 radical (unpaired) electrons. The molecule has 0 aliphatic carbocycles. The summed E-state index contributed by atoms with van der Waals surface area (Å²) >= 11 is 0. The Balaban J connectivity index is 1.64. The number of methoxy groups -OCH3 is 2. The number of anilines is 1. The molecule has 0 saturated carbocycles. The van der Waals surface area contributed by atoms with Crippen LogP contribution >= 0.6 is 0 Å². The largest absolute Gasteiger partial charge is 0.497 e. The number of benzene rings is 2. The Morgan fingerprint density at radius 1 is 1.00 bits per heavy atom. The zero-order valence-corrected chi connectivity index (χ0v) is 18.2. The third kappa shape index (κ3) is 5.46. The highest BCUT2D eigenvalue weighted by Gasteiger charge is 2.24. The van der Waals surface area contributed by atoms with Crippen LogP contribution in [-0.4, -0.2) is 41.1 Å². The minimum absolute atomic E-state index is 0.118. The lowest BCUT2D eigenvalue weighted by atomic mass is 10.2. The average molecular weight is 459 g/mol. The first-order chi connectivity index (χ1) is 15.3. The highest BCUT2D eigenvalue weighted by atomic mass is 32.2. The zero-order valence-electron chi connectivity index (χ0n) is 17.4. The molecule has 0 aliphatic rings. The van der Waals surface area contributed by atoms with Gasteiger partial charge in [0, 0.05) is 11.6 Å². The molecule has 0 fully saturated rings. The maximum Gasteiger partial charge on any atom is 0.375 e. The summed E-state index contributed by atoms with van der Waals surface area (Å²) in [4.78, 5) is 24.8. The second-order valence-electron chi connectivity index (χ2n) is 6.54. The lowest BCUT2D eigenvalue weighted by Gasteiger charge is -2.12. The van der Waals surface area contributed by atoms with Crippen LogP contribution in [0.1, 0.15) is 16.1 Å². The molecule has 168 valence electrons. The van der Waals surface area contributed by atoms with E-state index in [4.69, 9.17) is 18.6 Å². The Kier molecular flexibility index (Phi) is 7.16. The number of carbonyl (C=O) groups is 2. The first kappa shape index (κ1) is 22.9. The molecular weight excluding hydrogens is 438 g/mol. The number of amides is 1. The number of carbonyl (C=O) groups excluding carboxylic acids is 2. The summed E-state index contributed by atoms with van der Waals surface area (Å²) in [5, 5.41) is 2.56. The smallest absolute Gasteiger partial charge is 0.375 e. The molecule has 1 amide bonds. The molecule has 10 heteroatoms. The topological polar surface area (TPSA) is 121 Å². The Morgan fingerprint density at radius 3 is 2.44 bits per heavy atom. The summed E-state index contributed by atoms with van der Waals surface area (Å²) < 4.78 is 45.6. The molecule has 3 aromatic rings. The van der Waals surface area contributed by atoms with Crippen molar-refractivity contribution in [3.05, 3.63) is 72.2 Å². The van der Waals surface area contributed by atoms with Crippen molar-refractivity contribution in [2.75, 3.05) is 26.1 Å². The van der Waals surface area contributed by atoms with Gasteiger partial charge in [-0.25, -0.2) is 13.2 Å². The molecule has 0 unspecified atom stereocenters. The maximum atomic E-state index is 12.6. The molecule has 0 bridgehead atoms. The SMILES string of the molecule is COc1ccc(OC)c(NC(=O)COC(=O)c2occc2CS(=O)(=O)c2ccccc2)c1. The van der Waals surface area contributed by atoms with E-state index in [9.17, 15) is 18.0 Å². The fraction of sp³-hybridized carbons (Fsp3) is 0.182. The Morgan fingerprint density at radius 2 is 1.75 bits per heavy atom. The first-order valence-electron chi connectivity index (χ1n) is 9.37. The molecule has 0 spiro atoms. The van der Waals surface area contributed by atoms with E-state index < -0.39 is 34.1 Å². The van der Waals surface area contributed by atoms with Crippen LogP contribution in [0.2, 0.25) is 0 Å². The summed E-state index contributed by atoms with van der Waals surface area (Å²) in [6, 6.07) is 14.0. The summed E-state index contributed by atoms with van der Waals surface area (Å²) in [7, 11) is -0.774. The van der Waals surface area contributed by atoms with E-state index in [1.807, 2.05) is 0 Å². The number of rotatable bonds is 9. The van der Waals surface area contributed by atoms with Crippen LogP contribution in [0.5, 0.6) is 11.5 Å². The lowest BCUT2D eigenvalue weighted by molar-refractivity contribution is -0.119. The summed E-state index contributed by atoms with van der Waals surface area (Å²) in [5.74, 6) is -1.43. The summed E-state index contributed by atoms with van der Waals surface area (Å²) in [6.07, 6.45) is 1.19. The highest BCUT2D eigenvalue weighted by molar-refractivity contribution is 7.90. The zero-order chi connectivity index (χ0) is 23.1. The van der Waals surface area contributed by atoms with E-state index in [-0.39, 0.29) is 16.2 Å². The van der Waals surface area contributed by atoms with Gasteiger partial charge in [-0.05, 0) is 30.3 Å². The van der Waals surface area contributed by atoms with E-state index in [1.165, 1.54) is 38.7 Å². The molecule has 9 nitrogen and oxygen atoms in total. The number of hydrogen-bond donors (Lipinski definition) is 1. The fourth-order valence-electron chi connectivity index (χ4n) is 2.84.